The molecule has 0 aliphatic rings. The first-order valence-electron chi connectivity index (χ1n) is 9.50. The van der Waals surface area contributed by atoms with E-state index in [2.05, 4.69) is 20.4 Å². The Bertz CT molecular complexity index is 590. The number of carbonyl (C=O) groups is 1. The van der Waals surface area contributed by atoms with Crippen LogP contribution >= 0.6 is 0 Å². The quantitative estimate of drug-likeness (QED) is 0.237. The average molecular weight is 380 g/mol. The van der Waals surface area contributed by atoms with Gasteiger partial charge in [0.05, 0.1) is 25.9 Å². The van der Waals surface area contributed by atoms with Crippen molar-refractivity contribution in [3.05, 3.63) is 29.8 Å². The summed E-state index contributed by atoms with van der Waals surface area (Å²) in [6, 6.07) is 7.44. The Balaban J connectivity index is 2.52. The highest BCUT2D eigenvalue weighted by Crippen LogP contribution is 2.20. The topological polar surface area (TPSA) is 92.2 Å². The van der Waals surface area contributed by atoms with Crippen molar-refractivity contribution < 1.29 is 19.4 Å². The third-order valence-electron chi connectivity index (χ3n) is 3.71. The van der Waals surface area contributed by atoms with Gasteiger partial charge in [0, 0.05) is 19.5 Å². The van der Waals surface area contributed by atoms with Gasteiger partial charge in [-0.05, 0) is 51.3 Å². The molecule has 1 aromatic carbocycles. The SMILES string of the molecule is CCNC(=NCC(O)c1cccc(OC(C)C)c1)NCCCCC(=O)OC. The molecule has 0 heterocycles. The van der Waals surface area contributed by atoms with Gasteiger partial charge in [0.2, 0.25) is 0 Å². The number of carbonyl (C=O) groups excluding carboxylic acids is 1. The fourth-order valence-corrected chi connectivity index (χ4v) is 2.40. The molecule has 0 radical (unpaired) electrons. The van der Waals surface area contributed by atoms with Gasteiger partial charge >= 0.3 is 5.97 Å². The minimum absolute atomic E-state index is 0.0825. The molecule has 0 spiro atoms. The highest BCUT2D eigenvalue weighted by atomic mass is 16.5. The highest BCUT2D eigenvalue weighted by molar-refractivity contribution is 5.79. The van der Waals surface area contributed by atoms with E-state index >= 15 is 0 Å². The number of aliphatic imine (C=N–C) groups is 1. The first kappa shape index (κ1) is 22.8. The number of hydrogen-bond acceptors (Lipinski definition) is 5. The molecule has 1 atom stereocenters. The molecule has 1 unspecified atom stereocenters. The van der Waals surface area contributed by atoms with Crippen LogP contribution in [-0.4, -0.2) is 49.9 Å². The lowest BCUT2D eigenvalue weighted by Crippen LogP contribution is -2.38. The van der Waals surface area contributed by atoms with E-state index in [1.165, 1.54) is 7.11 Å². The van der Waals surface area contributed by atoms with Crippen molar-refractivity contribution in [3.63, 3.8) is 0 Å². The van der Waals surface area contributed by atoms with E-state index in [0.29, 0.717) is 18.9 Å². The van der Waals surface area contributed by atoms with Crippen LogP contribution in [0.25, 0.3) is 0 Å². The second-order valence-electron chi connectivity index (χ2n) is 6.43. The molecule has 0 saturated heterocycles. The van der Waals surface area contributed by atoms with Crippen molar-refractivity contribution in [2.45, 2.75) is 52.2 Å². The van der Waals surface area contributed by atoms with E-state index in [1.54, 1.807) is 0 Å². The summed E-state index contributed by atoms with van der Waals surface area (Å²) in [5, 5.41) is 16.8. The first-order valence-corrected chi connectivity index (χ1v) is 9.50. The zero-order valence-electron chi connectivity index (χ0n) is 16.8. The predicted molar refractivity (Wildman–Crippen MR) is 107 cm³/mol. The van der Waals surface area contributed by atoms with Crippen LogP contribution in [0.2, 0.25) is 0 Å². The number of nitrogens with zero attached hydrogens (tertiary/aromatic N) is 1. The van der Waals surface area contributed by atoms with Gasteiger partial charge in [-0.15, -0.1) is 0 Å². The molecule has 1 rings (SSSR count). The van der Waals surface area contributed by atoms with Gasteiger partial charge in [-0.1, -0.05) is 12.1 Å². The third-order valence-corrected chi connectivity index (χ3v) is 3.71. The van der Waals surface area contributed by atoms with Crippen LogP contribution < -0.4 is 15.4 Å². The maximum Gasteiger partial charge on any atom is 0.305 e. The summed E-state index contributed by atoms with van der Waals surface area (Å²) < 4.78 is 10.3. The lowest BCUT2D eigenvalue weighted by atomic mass is 10.1. The molecule has 3 N–H and O–H groups in total. The van der Waals surface area contributed by atoms with Crippen LogP contribution in [0.5, 0.6) is 5.75 Å². The van der Waals surface area contributed by atoms with Crippen LogP contribution in [0, 0.1) is 0 Å². The maximum atomic E-state index is 11.1. The van der Waals surface area contributed by atoms with Gasteiger partial charge in [0.1, 0.15) is 5.75 Å². The van der Waals surface area contributed by atoms with E-state index < -0.39 is 6.10 Å². The Kier molecular flexibility index (Phi) is 10.9. The fourth-order valence-electron chi connectivity index (χ4n) is 2.40. The molecule has 7 heteroatoms. The standard InChI is InChI=1S/C20H33N3O4/c1-5-21-20(22-12-7-6-11-19(25)26-4)23-14-18(24)16-9-8-10-17(13-16)27-15(2)3/h8-10,13,15,18,24H,5-7,11-12,14H2,1-4H3,(H2,21,22,23). The van der Waals surface area contributed by atoms with Crippen molar-refractivity contribution in [2.75, 3.05) is 26.7 Å². The number of rotatable bonds is 11. The second kappa shape index (κ2) is 13.0. The Morgan fingerprint density at radius 3 is 2.70 bits per heavy atom. The van der Waals surface area contributed by atoms with Crippen molar-refractivity contribution >= 4 is 11.9 Å². The Hall–Kier alpha value is -2.28. The summed E-state index contributed by atoms with van der Waals surface area (Å²) in [5.74, 6) is 1.19. The zero-order valence-corrected chi connectivity index (χ0v) is 16.8. The van der Waals surface area contributed by atoms with Gasteiger partial charge in [-0.3, -0.25) is 9.79 Å². The van der Waals surface area contributed by atoms with Gasteiger partial charge in [-0.25, -0.2) is 0 Å². The minimum Gasteiger partial charge on any atom is -0.491 e. The summed E-state index contributed by atoms with van der Waals surface area (Å²) >= 11 is 0. The molecule has 27 heavy (non-hydrogen) atoms. The van der Waals surface area contributed by atoms with Crippen LogP contribution in [0.4, 0.5) is 0 Å². The van der Waals surface area contributed by atoms with Crippen molar-refractivity contribution in [3.8, 4) is 5.75 Å². The summed E-state index contributed by atoms with van der Waals surface area (Å²) in [4.78, 5) is 15.5. The molecule has 0 fully saturated rings. The van der Waals surface area contributed by atoms with Gasteiger partial charge in [0.25, 0.3) is 0 Å². The average Bonchev–Trinajstić information content (AvgIpc) is 2.64. The van der Waals surface area contributed by atoms with E-state index in [-0.39, 0.29) is 18.6 Å². The number of benzene rings is 1. The molecule has 0 bridgehead atoms. The van der Waals surface area contributed by atoms with Gasteiger partial charge in [-0.2, -0.15) is 0 Å². The summed E-state index contributed by atoms with van der Waals surface area (Å²) in [5.41, 5.74) is 0.769. The molecule has 1 aromatic rings. The largest absolute Gasteiger partial charge is 0.491 e. The van der Waals surface area contributed by atoms with Crippen LogP contribution in [0.3, 0.4) is 0 Å². The van der Waals surface area contributed by atoms with E-state index in [1.807, 2.05) is 45.0 Å². The third kappa shape index (κ3) is 9.84. The normalized spacial score (nSPS) is 12.6. The number of methoxy groups -OCH3 is 1. The number of aliphatic hydroxyl groups excluding tert-OH is 1. The second-order valence-corrected chi connectivity index (χ2v) is 6.43. The molecule has 0 amide bonds. The minimum atomic E-state index is -0.713. The number of guanidine groups is 1. The number of esters is 1. The smallest absolute Gasteiger partial charge is 0.305 e. The molecular weight excluding hydrogens is 346 g/mol. The summed E-state index contributed by atoms with van der Waals surface area (Å²) in [6.07, 6.45) is 1.37. The highest BCUT2D eigenvalue weighted by Gasteiger charge is 2.09. The zero-order chi connectivity index (χ0) is 20.1. The van der Waals surface area contributed by atoms with E-state index in [9.17, 15) is 9.90 Å². The van der Waals surface area contributed by atoms with Crippen LogP contribution in [-0.2, 0) is 9.53 Å². The molecule has 0 aromatic heterocycles. The maximum absolute atomic E-state index is 11.1. The van der Waals surface area contributed by atoms with E-state index in [4.69, 9.17) is 4.74 Å². The fraction of sp³-hybridized carbons (Fsp3) is 0.600. The molecule has 0 saturated carbocycles. The monoisotopic (exact) mass is 379 g/mol. The molecular formula is C20H33N3O4. The summed E-state index contributed by atoms with van der Waals surface area (Å²) in [7, 11) is 1.40. The Morgan fingerprint density at radius 1 is 1.26 bits per heavy atom. The summed E-state index contributed by atoms with van der Waals surface area (Å²) in [6.45, 7) is 7.57. The van der Waals surface area contributed by atoms with Gasteiger partial charge in [0.15, 0.2) is 5.96 Å². The number of ether oxygens (including phenoxy) is 2. The molecule has 0 aliphatic carbocycles. The number of hydrogen-bond donors (Lipinski definition) is 3. The Labute approximate surface area is 162 Å². The molecule has 152 valence electrons. The van der Waals surface area contributed by atoms with E-state index in [0.717, 1.165) is 30.7 Å². The predicted octanol–water partition coefficient (Wildman–Crippen LogP) is 2.41. The van der Waals surface area contributed by atoms with Gasteiger partial charge < -0.3 is 25.2 Å². The van der Waals surface area contributed by atoms with Crippen molar-refractivity contribution in [1.29, 1.82) is 0 Å². The van der Waals surface area contributed by atoms with Crippen LogP contribution in [0.15, 0.2) is 29.3 Å². The Morgan fingerprint density at radius 2 is 2.04 bits per heavy atom. The molecule has 7 nitrogen and oxygen atoms in total. The number of nitrogens with one attached hydrogen (secondary N) is 2. The lowest BCUT2D eigenvalue weighted by molar-refractivity contribution is -0.140. The number of aliphatic hydroxyl groups is 1. The lowest BCUT2D eigenvalue weighted by Gasteiger charge is -2.15. The number of unbranched alkanes of at least 4 members (excludes halogenated alkanes) is 1. The first-order chi connectivity index (χ1) is 13.0. The van der Waals surface area contributed by atoms with Crippen molar-refractivity contribution in [1.82, 2.24) is 10.6 Å². The molecule has 0 aliphatic heterocycles. The van der Waals surface area contributed by atoms with Crippen LogP contribution in [0.1, 0.15) is 51.7 Å². The van der Waals surface area contributed by atoms with Crippen molar-refractivity contribution in [2.24, 2.45) is 4.99 Å².